The van der Waals surface area contributed by atoms with Crippen LogP contribution in [0.15, 0.2) is 0 Å². The third-order valence-corrected chi connectivity index (χ3v) is 3.07. The third kappa shape index (κ3) is 2.42. The van der Waals surface area contributed by atoms with Crippen molar-refractivity contribution in [2.45, 2.75) is 31.9 Å². The van der Waals surface area contributed by atoms with E-state index in [1.165, 1.54) is 6.42 Å². The summed E-state index contributed by atoms with van der Waals surface area (Å²) in [5.74, 6) is 0.890. The summed E-state index contributed by atoms with van der Waals surface area (Å²) in [5.41, 5.74) is 0.122. The molecule has 2 unspecified atom stereocenters. The highest BCUT2D eigenvalue weighted by molar-refractivity contribution is 4.91. The second-order valence-electron chi connectivity index (χ2n) is 4.68. The van der Waals surface area contributed by atoms with Crippen molar-refractivity contribution in [1.29, 1.82) is 0 Å². The van der Waals surface area contributed by atoms with Crippen molar-refractivity contribution in [2.75, 3.05) is 26.2 Å². The molecular weight excluding hydrogens is 164 g/mol. The molecular formula is C10H20N2O. The summed E-state index contributed by atoms with van der Waals surface area (Å²) >= 11 is 0. The molecule has 13 heavy (non-hydrogen) atoms. The molecule has 2 N–H and O–H groups in total. The molecule has 2 fully saturated rings. The maximum Gasteiger partial charge on any atom is 0.0902 e. The van der Waals surface area contributed by atoms with Crippen molar-refractivity contribution < 1.29 is 4.74 Å². The largest absolute Gasteiger partial charge is 0.371 e. The van der Waals surface area contributed by atoms with Gasteiger partial charge in [0.2, 0.25) is 0 Å². The van der Waals surface area contributed by atoms with Gasteiger partial charge in [-0.25, -0.2) is 0 Å². The Bertz CT molecular complexity index is 180. The Balaban J connectivity index is 1.49. The molecule has 1 aliphatic carbocycles. The van der Waals surface area contributed by atoms with Crippen LogP contribution in [-0.4, -0.2) is 37.9 Å². The van der Waals surface area contributed by atoms with Crippen LogP contribution < -0.4 is 10.6 Å². The quantitative estimate of drug-likeness (QED) is 0.605. The van der Waals surface area contributed by atoms with E-state index in [1.807, 2.05) is 0 Å². The maximum atomic E-state index is 5.75. The van der Waals surface area contributed by atoms with Crippen LogP contribution in [0.1, 0.15) is 20.3 Å². The summed E-state index contributed by atoms with van der Waals surface area (Å²) in [4.78, 5) is 0. The zero-order chi connectivity index (χ0) is 9.31. The van der Waals surface area contributed by atoms with Gasteiger partial charge in [-0.2, -0.15) is 0 Å². The first-order valence-corrected chi connectivity index (χ1v) is 5.28. The fourth-order valence-electron chi connectivity index (χ4n) is 1.73. The first-order chi connectivity index (χ1) is 6.20. The van der Waals surface area contributed by atoms with Gasteiger partial charge in [-0.1, -0.05) is 6.92 Å². The van der Waals surface area contributed by atoms with E-state index in [1.54, 1.807) is 0 Å². The Morgan fingerprint density at radius 3 is 2.69 bits per heavy atom. The first-order valence-electron chi connectivity index (χ1n) is 5.28. The van der Waals surface area contributed by atoms with Gasteiger partial charge in [0.15, 0.2) is 0 Å². The van der Waals surface area contributed by atoms with Gasteiger partial charge in [0.05, 0.1) is 12.2 Å². The van der Waals surface area contributed by atoms with Crippen molar-refractivity contribution in [3.05, 3.63) is 0 Å². The van der Waals surface area contributed by atoms with Gasteiger partial charge in [0.25, 0.3) is 0 Å². The summed E-state index contributed by atoms with van der Waals surface area (Å²) in [6.07, 6.45) is 1.35. The van der Waals surface area contributed by atoms with Gasteiger partial charge in [0.1, 0.15) is 0 Å². The van der Waals surface area contributed by atoms with Crippen LogP contribution in [-0.2, 0) is 4.74 Å². The van der Waals surface area contributed by atoms with E-state index in [0.717, 1.165) is 38.2 Å². The molecule has 0 amide bonds. The molecule has 1 aliphatic heterocycles. The second-order valence-corrected chi connectivity index (χ2v) is 4.68. The van der Waals surface area contributed by atoms with Crippen molar-refractivity contribution in [2.24, 2.45) is 5.92 Å². The van der Waals surface area contributed by atoms with Gasteiger partial charge < -0.3 is 15.4 Å². The molecule has 1 saturated heterocycles. The minimum Gasteiger partial charge on any atom is -0.371 e. The van der Waals surface area contributed by atoms with E-state index < -0.39 is 0 Å². The van der Waals surface area contributed by atoms with Crippen molar-refractivity contribution in [1.82, 2.24) is 10.6 Å². The van der Waals surface area contributed by atoms with Crippen LogP contribution in [0, 0.1) is 5.92 Å². The monoisotopic (exact) mass is 184 g/mol. The number of nitrogens with one attached hydrogen (secondary N) is 2. The Morgan fingerprint density at radius 2 is 2.23 bits per heavy atom. The van der Waals surface area contributed by atoms with Crippen LogP contribution in [0.4, 0.5) is 0 Å². The van der Waals surface area contributed by atoms with E-state index in [4.69, 9.17) is 4.74 Å². The highest BCUT2D eigenvalue weighted by Gasteiger charge is 2.33. The van der Waals surface area contributed by atoms with Gasteiger partial charge >= 0.3 is 0 Å². The highest BCUT2D eigenvalue weighted by atomic mass is 16.5. The molecule has 1 saturated carbocycles. The fraction of sp³-hybridized carbons (Fsp3) is 1.00. The molecule has 3 heteroatoms. The predicted octanol–water partition coefficient (Wildman–Crippen LogP) is 0.363. The lowest BCUT2D eigenvalue weighted by Crippen LogP contribution is -2.59. The Labute approximate surface area is 80.2 Å². The average molecular weight is 184 g/mol. The smallest absolute Gasteiger partial charge is 0.0902 e. The molecule has 2 aliphatic rings. The minimum atomic E-state index is 0.122. The van der Waals surface area contributed by atoms with Crippen LogP contribution in [0.3, 0.4) is 0 Å². The zero-order valence-electron chi connectivity index (χ0n) is 8.60. The fourth-order valence-corrected chi connectivity index (χ4v) is 1.73. The van der Waals surface area contributed by atoms with Gasteiger partial charge in [-0.05, 0) is 19.3 Å². The normalized spacial score (nSPS) is 35.5. The second kappa shape index (κ2) is 3.56. The Kier molecular flexibility index (Phi) is 2.58. The number of hydrogen-bond acceptors (Lipinski definition) is 3. The molecule has 0 aromatic rings. The molecule has 0 aromatic heterocycles. The molecule has 0 radical (unpaired) electrons. The first kappa shape index (κ1) is 9.44. The van der Waals surface area contributed by atoms with Gasteiger partial charge in [-0.3, -0.25) is 0 Å². The molecule has 2 rings (SSSR count). The predicted molar refractivity (Wildman–Crippen MR) is 52.8 cm³/mol. The standard InChI is InChI=1S/C10H20N2O/c1-8-5-9(8)12-3-4-13-10(2)6-11-7-10/h8-9,11-12H,3-7H2,1-2H3. The molecule has 2 atom stereocenters. The lowest BCUT2D eigenvalue weighted by atomic mass is 10.0. The maximum absolute atomic E-state index is 5.75. The van der Waals surface area contributed by atoms with E-state index in [-0.39, 0.29) is 5.60 Å². The number of hydrogen-bond donors (Lipinski definition) is 2. The number of rotatable bonds is 5. The number of ether oxygens (including phenoxy) is 1. The summed E-state index contributed by atoms with van der Waals surface area (Å²) in [5, 5.41) is 6.71. The van der Waals surface area contributed by atoms with Gasteiger partial charge in [0, 0.05) is 25.7 Å². The molecule has 0 spiro atoms. The zero-order valence-corrected chi connectivity index (χ0v) is 8.60. The average Bonchev–Trinajstić information content (AvgIpc) is 2.73. The topological polar surface area (TPSA) is 33.3 Å². The van der Waals surface area contributed by atoms with Crippen LogP contribution in [0.2, 0.25) is 0 Å². The van der Waals surface area contributed by atoms with E-state index in [2.05, 4.69) is 24.5 Å². The van der Waals surface area contributed by atoms with Gasteiger partial charge in [-0.15, -0.1) is 0 Å². The molecule has 76 valence electrons. The summed E-state index contributed by atoms with van der Waals surface area (Å²) in [6.45, 7) is 8.32. The van der Waals surface area contributed by atoms with Crippen LogP contribution in [0.5, 0.6) is 0 Å². The van der Waals surface area contributed by atoms with Crippen LogP contribution in [0.25, 0.3) is 0 Å². The lowest BCUT2D eigenvalue weighted by Gasteiger charge is -2.39. The van der Waals surface area contributed by atoms with E-state index >= 15 is 0 Å². The lowest BCUT2D eigenvalue weighted by molar-refractivity contribution is -0.0649. The Hall–Kier alpha value is -0.120. The molecule has 0 aromatic carbocycles. The molecule has 3 nitrogen and oxygen atoms in total. The SMILES string of the molecule is CC1CC1NCCOC1(C)CNC1. The third-order valence-electron chi connectivity index (χ3n) is 3.07. The van der Waals surface area contributed by atoms with Crippen LogP contribution >= 0.6 is 0 Å². The highest BCUT2D eigenvalue weighted by Crippen LogP contribution is 2.28. The van der Waals surface area contributed by atoms with Crippen molar-refractivity contribution in [3.8, 4) is 0 Å². The summed E-state index contributed by atoms with van der Waals surface area (Å²) in [6, 6.07) is 0.774. The Morgan fingerprint density at radius 1 is 1.54 bits per heavy atom. The molecule has 1 heterocycles. The van der Waals surface area contributed by atoms with Crippen molar-refractivity contribution in [3.63, 3.8) is 0 Å². The molecule has 0 bridgehead atoms. The van der Waals surface area contributed by atoms with E-state index in [0.29, 0.717) is 0 Å². The summed E-state index contributed by atoms with van der Waals surface area (Å²) in [7, 11) is 0. The minimum absolute atomic E-state index is 0.122. The van der Waals surface area contributed by atoms with Crippen molar-refractivity contribution >= 4 is 0 Å². The summed E-state index contributed by atoms with van der Waals surface area (Å²) < 4.78 is 5.75. The van der Waals surface area contributed by atoms with E-state index in [9.17, 15) is 0 Å².